The molecule has 0 aliphatic carbocycles. The largest absolute Gasteiger partial charge is 0.366 e. The number of anilines is 1. The number of aryl methyl sites for hydroxylation is 2. The van der Waals surface area contributed by atoms with Gasteiger partial charge in [-0.25, -0.2) is 4.98 Å². The van der Waals surface area contributed by atoms with Crippen molar-refractivity contribution in [1.29, 1.82) is 0 Å². The molecular weight excluding hydrogens is 282 g/mol. The first-order valence-corrected chi connectivity index (χ1v) is 7.43. The maximum atomic E-state index is 11.3. The Bertz CT molecular complexity index is 689. The van der Waals surface area contributed by atoms with Crippen molar-refractivity contribution >= 4 is 11.4 Å². The zero-order chi connectivity index (χ0) is 15.7. The third-order valence-corrected chi connectivity index (χ3v) is 4.14. The van der Waals surface area contributed by atoms with Gasteiger partial charge in [-0.2, -0.15) is 5.10 Å². The number of nitro groups is 1. The fraction of sp³-hybridized carbons (Fsp3) is 0.467. The molecule has 7 heteroatoms. The van der Waals surface area contributed by atoms with Crippen LogP contribution in [-0.2, 0) is 0 Å². The summed E-state index contributed by atoms with van der Waals surface area (Å²) in [5.41, 5.74) is 1.80. The number of nitro benzene ring substituents is 1. The third-order valence-electron chi connectivity index (χ3n) is 4.14. The summed E-state index contributed by atoms with van der Waals surface area (Å²) in [6.45, 7) is 5.32. The molecule has 0 bridgehead atoms. The van der Waals surface area contributed by atoms with E-state index >= 15 is 0 Å². The van der Waals surface area contributed by atoms with Gasteiger partial charge in [0.2, 0.25) is 0 Å². The van der Waals surface area contributed by atoms with Gasteiger partial charge in [-0.1, -0.05) is 6.07 Å². The molecule has 2 heterocycles. The van der Waals surface area contributed by atoms with Crippen LogP contribution in [0.4, 0.5) is 11.4 Å². The molecule has 1 aliphatic rings. The molecule has 1 N–H and O–H groups in total. The normalized spacial score (nSPS) is 16.0. The number of nitrogens with one attached hydrogen (secondary N) is 1. The summed E-state index contributed by atoms with van der Waals surface area (Å²) in [6.07, 6.45) is 1.81. The SMILES string of the molecule is Cc1ccc(N2CCC(c3n[nH]c(C)n3)CC2)c([N+](=O)[O-])c1. The number of H-pyrrole nitrogens is 1. The van der Waals surface area contributed by atoms with Gasteiger partial charge in [0.15, 0.2) is 5.82 Å². The van der Waals surface area contributed by atoms with E-state index in [1.54, 1.807) is 6.07 Å². The fourth-order valence-corrected chi connectivity index (χ4v) is 2.97. The second-order valence-electron chi connectivity index (χ2n) is 5.79. The van der Waals surface area contributed by atoms with Crippen molar-refractivity contribution in [3.63, 3.8) is 0 Å². The van der Waals surface area contributed by atoms with Gasteiger partial charge in [0.1, 0.15) is 11.5 Å². The van der Waals surface area contributed by atoms with E-state index in [1.165, 1.54) is 0 Å². The Morgan fingerprint density at radius 2 is 2.05 bits per heavy atom. The Morgan fingerprint density at radius 1 is 1.32 bits per heavy atom. The summed E-state index contributed by atoms with van der Waals surface area (Å²) in [7, 11) is 0. The van der Waals surface area contributed by atoms with Crippen LogP contribution in [0.3, 0.4) is 0 Å². The molecule has 2 aromatic rings. The van der Waals surface area contributed by atoms with Crippen LogP contribution in [0, 0.1) is 24.0 Å². The van der Waals surface area contributed by atoms with Crippen LogP contribution in [0.5, 0.6) is 0 Å². The highest BCUT2D eigenvalue weighted by molar-refractivity contribution is 5.64. The summed E-state index contributed by atoms with van der Waals surface area (Å²) in [6, 6.07) is 5.41. The van der Waals surface area contributed by atoms with Crippen LogP contribution in [0.1, 0.15) is 36.0 Å². The molecule has 22 heavy (non-hydrogen) atoms. The van der Waals surface area contributed by atoms with Crippen molar-refractivity contribution < 1.29 is 4.92 Å². The molecule has 7 nitrogen and oxygen atoms in total. The van der Waals surface area contributed by atoms with Gasteiger partial charge >= 0.3 is 0 Å². The quantitative estimate of drug-likeness (QED) is 0.695. The Hall–Kier alpha value is -2.44. The minimum absolute atomic E-state index is 0.187. The highest BCUT2D eigenvalue weighted by Gasteiger charge is 2.27. The number of benzene rings is 1. The Morgan fingerprint density at radius 3 is 2.64 bits per heavy atom. The Kier molecular flexibility index (Phi) is 3.79. The number of hydrogen-bond acceptors (Lipinski definition) is 5. The number of hydrogen-bond donors (Lipinski definition) is 1. The fourth-order valence-electron chi connectivity index (χ4n) is 2.97. The van der Waals surface area contributed by atoms with Gasteiger partial charge in [-0.3, -0.25) is 15.2 Å². The van der Waals surface area contributed by atoms with E-state index in [0.717, 1.165) is 43.1 Å². The van der Waals surface area contributed by atoms with Gasteiger partial charge in [-0.05, 0) is 38.3 Å². The van der Waals surface area contributed by atoms with E-state index in [1.807, 2.05) is 26.0 Å². The zero-order valence-corrected chi connectivity index (χ0v) is 12.7. The van der Waals surface area contributed by atoms with Crippen LogP contribution >= 0.6 is 0 Å². The summed E-state index contributed by atoms with van der Waals surface area (Å²) in [5.74, 6) is 2.01. The number of nitrogens with zero attached hydrogens (tertiary/aromatic N) is 4. The molecule has 1 aromatic carbocycles. The average molecular weight is 301 g/mol. The Labute approximate surface area is 128 Å². The van der Waals surface area contributed by atoms with Crippen molar-refractivity contribution in [2.45, 2.75) is 32.6 Å². The highest BCUT2D eigenvalue weighted by atomic mass is 16.6. The lowest BCUT2D eigenvalue weighted by Crippen LogP contribution is -2.33. The van der Waals surface area contributed by atoms with Gasteiger partial charge in [-0.15, -0.1) is 0 Å². The van der Waals surface area contributed by atoms with Gasteiger partial charge in [0, 0.05) is 25.1 Å². The standard InChI is InChI=1S/C15H19N5O2/c1-10-3-4-13(14(9-10)20(21)22)19-7-5-12(6-8-19)15-16-11(2)17-18-15/h3-4,9,12H,5-8H2,1-2H3,(H,16,17,18). The first-order valence-electron chi connectivity index (χ1n) is 7.43. The topological polar surface area (TPSA) is 88.0 Å². The van der Waals surface area contributed by atoms with Gasteiger partial charge < -0.3 is 4.90 Å². The monoisotopic (exact) mass is 301 g/mol. The summed E-state index contributed by atoms with van der Waals surface area (Å²) in [4.78, 5) is 17.4. The lowest BCUT2D eigenvalue weighted by Gasteiger charge is -2.32. The molecule has 1 aromatic heterocycles. The zero-order valence-electron chi connectivity index (χ0n) is 12.7. The maximum absolute atomic E-state index is 11.3. The first kappa shape index (κ1) is 14.5. The third kappa shape index (κ3) is 2.79. The molecule has 1 aliphatic heterocycles. The maximum Gasteiger partial charge on any atom is 0.292 e. The predicted octanol–water partition coefficient (Wildman–Crippen LogP) is 2.71. The van der Waals surface area contributed by atoms with Crippen molar-refractivity contribution in [2.24, 2.45) is 0 Å². The number of rotatable bonds is 3. The number of aromatic nitrogens is 3. The van der Waals surface area contributed by atoms with Crippen molar-refractivity contribution in [2.75, 3.05) is 18.0 Å². The molecule has 0 unspecified atom stereocenters. The van der Waals surface area contributed by atoms with Crippen molar-refractivity contribution in [3.05, 3.63) is 45.5 Å². The summed E-state index contributed by atoms with van der Waals surface area (Å²) in [5, 5.41) is 18.4. The molecule has 0 radical (unpaired) electrons. The molecule has 116 valence electrons. The molecule has 0 spiro atoms. The summed E-state index contributed by atoms with van der Waals surface area (Å²) < 4.78 is 0. The van der Waals surface area contributed by atoms with Crippen LogP contribution in [0.15, 0.2) is 18.2 Å². The van der Waals surface area contributed by atoms with Crippen LogP contribution in [0.25, 0.3) is 0 Å². The minimum atomic E-state index is -0.299. The molecule has 1 saturated heterocycles. The first-order chi connectivity index (χ1) is 10.5. The predicted molar refractivity (Wildman–Crippen MR) is 83.1 cm³/mol. The van der Waals surface area contributed by atoms with Crippen LogP contribution in [-0.4, -0.2) is 33.2 Å². The van der Waals surface area contributed by atoms with E-state index in [0.29, 0.717) is 11.6 Å². The van der Waals surface area contributed by atoms with Crippen LogP contribution < -0.4 is 4.90 Å². The van der Waals surface area contributed by atoms with Gasteiger partial charge in [0.25, 0.3) is 5.69 Å². The van der Waals surface area contributed by atoms with Gasteiger partial charge in [0.05, 0.1) is 4.92 Å². The molecular formula is C15H19N5O2. The summed E-state index contributed by atoms with van der Waals surface area (Å²) >= 11 is 0. The molecule has 1 fully saturated rings. The van der Waals surface area contributed by atoms with E-state index in [-0.39, 0.29) is 10.6 Å². The second kappa shape index (κ2) is 5.75. The highest BCUT2D eigenvalue weighted by Crippen LogP contribution is 2.34. The molecule has 0 atom stereocenters. The van der Waals surface area contributed by atoms with E-state index < -0.39 is 0 Å². The molecule has 0 saturated carbocycles. The number of piperidine rings is 1. The van der Waals surface area contributed by atoms with Crippen LogP contribution in [0.2, 0.25) is 0 Å². The van der Waals surface area contributed by atoms with Crippen molar-refractivity contribution in [3.8, 4) is 0 Å². The smallest absolute Gasteiger partial charge is 0.292 e. The van der Waals surface area contributed by atoms with E-state index in [4.69, 9.17) is 0 Å². The second-order valence-corrected chi connectivity index (χ2v) is 5.79. The lowest BCUT2D eigenvalue weighted by molar-refractivity contribution is -0.384. The van der Waals surface area contributed by atoms with E-state index in [2.05, 4.69) is 20.1 Å². The number of aromatic amines is 1. The van der Waals surface area contributed by atoms with E-state index in [9.17, 15) is 10.1 Å². The molecule has 3 rings (SSSR count). The lowest BCUT2D eigenvalue weighted by atomic mass is 9.95. The average Bonchev–Trinajstić information content (AvgIpc) is 2.94. The van der Waals surface area contributed by atoms with Crippen molar-refractivity contribution in [1.82, 2.24) is 15.2 Å². The molecule has 0 amide bonds. The minimum Gasteiger partial charge on any atom is -0.366 e. The Balaban J connectivity index is 1.75.